The smallest absolute Gasteiger partial charge is 0.422 e. The highest BCUT2D eigenvalue weighted by atomic mass is 19.4. The maximum absolute atomic E-state index is 12.0. The van der Waals surface area contributed by atoms with E-state index in [1.807, 2.05) is 13.8 Å². The summed E-state index contributed by atoms with van der Waals surface area (Å²) in [6, 6.07) is 2.33. The van der Waals surface area contributed by atoms with E-state index in [1.54, 1.807) is 0 Å². The first-order valence-corrected chi connectivity index (χ1v) is 6.57. The topological polar surface area (TPSA) is 63.2 Å². The third-order valence-corrected chi connectivity index (χ3v) is 2.70. The van der Waals surface area contributed by atoms with Crippen molar-refractivity contribution in [2.24, 2.45) is 0 Å². The van der Waals surface area contributed by atoms with Crippen molar-refractivity contribution in [3.63, 3.8) is 0 Å². The van der Waals surface area contributed by atoms with E-state index in [0.29, 0.717) is 5.69 Å². The fraction of sp³-hybridized carbons (Fsp3) is 0.538. The standard InChI is InChI=1S/C13H18F3N3O2/c1-3-9(4-2)18-12(20)19-10-5-6-17-11(7-10)21-8-13(14,15)16/h5-7,9H,3-4,8H2,1-2H3,(H2,17,18,19,20). The van der Waals surface area contributed by atoms with Crippen molar-refractivity contribution in [3.05, 3.63) is 18.3 Å². The van der Waals surface area contributed by atoms with Crippen LogP contribution in [0.5, 0.6) is 5.88 Å². The van der Waals surface area contributed by atoms with Gasteiger partial charge in [-0.25, -0.2) is 9.78 Å². The van der Waals surface area contributed by atoms with Crippen molar-refractivity contribution in [2.45, 2.75) is 38.9 Å². The average Bonchev–Trinajstić information content (AvgIpc) is 2.42. The van der Waals surface area contributed by atoms with Gasteiger partial charge in [0.05, 0.1) is 0 Å². The van der Waals surface area contributed by atoms with Gasteiger partial charge in [-0.05, 0) is 18.9 Å². The van der Waals surface area contributed by atoms with Gasteiger partial charge in [0.1, 0.15) is 0 Å². The Hall–Kier alpha value is -1.99. The molecule has 1 aromatic heterocycles. The van der Waals surface area contributed by atoms with Crippen molar-refractivity contribution >= 4 is 11.7 Å². The lowest BCUT2D eigenvalue weighted by Crippen LogP contribution is -2.37. The largest absolute Gasteiger partial charge is 0.468 e. The maximum Gasteiger partial charge on any atom is 0.422 e. The molecule has 118 valence electrons. The van der Waals surface area contributed by atoms with E-state index in [9.17, 15) is 18.0 Å². The van der Waals surface area contributed by atoms with Gasteiger partial charge in [0.15, 0.2) is 6.61 Å². The van der Waals surface area contributed by atoms with Crippen LogP contribution in [0.3, 0.4) is 0 Å². The maximum atomic E-state index is 12.0. The number of nitrogens with zero attached hydrogens (tertiary/aromatic N) is 1. The van der Waals surface area contributed by atoms with Crippen molar-refractivity contribution in [1.82, 2.24) is 10.3 Å². The van der Waals surface area contributed by atoms with Crippen molar-refractivity contribution < 1.29 is 22.7 Å². The second-order valence-corrected chi connectivity index (χ2v) is 4.40. The molecule has 2 N–H and O–H groups in total. The molecule has 0 aliphatic rings. The summed E-state index contributed by atoms with van der Waals surface area (Å²) in [5.74, 6) is -0.201. The number of pyridine rings is 1. The molecular formula is C13H18F3N3O2. The Balaban J connectivity index is 2.58. The Morgan fingerprint density at radius 1 is 1.38 bits per heavy atom. The predicted molar refractivity (Wildman–Crippen MR) is 72.3 cm³/mol. The number of nitrogens with one attached hydrogen (secondary N) is 2. The molecule has 21 heavy (non-hydrogen) atoms. The van der Waals surface area contributed by atoms with E-state index in [4.69, 9.17) is 0 Å². The van der Waals surface area contributed by atoms with E-state index < -0.39 is 18.8 Å². The number of halogens is 3. The van der Waals surface area contributed by atoms with Crippen molar-refractivity contribution in [1.29, 1.82) is 0 Å². The lowest BCUT2D eigenvalue weighted by Gasteiger charge is -2.15. The molecule has 0 aliphatic carbocycles. The lowest BCUT2D eigenvalue weighted by molar-refractivity contribution is -0.154. The van der Waals surface area contributed by atoms with Crippen LogP contribution < -0.4 is 15.4 Å². The van der Waals surface area contributed by atoms with Gasteiger partial charge in [-0.2, -0.15) is 13.2 Å². The Morgan fingerprint density at radius 2 is 2.05 bits per heavy atom. The molecule has 1 heterocycles. The second-order valence-electron chi connectivity index (χ2n) is 4.40. The molecule has 0 aliphatic heterocycles. The molecule has 5 nitrogen and oxygen atoms in total. The molecule has 1 rings (SSSR count). The Morgan fingerprint density at radius 3 is 2.62 bits per heavy atom. The minimum absolute atomic E-state index is 0.0489. The SMILES string of the molecule is CCC(CC)NC(=O)Nc1ccnc(OCC(F)(F)F)c1. The van der Waals surface area contributed by atoms with Crippen LogP contribution in [0.4, 0.5) is 23.7 Å². The van der Waals surface area contributed by atoms with E-state index >= 15 is 0 Å². The minimum atomic E-state index is -4.43. The summed E-state index contributed by atoms with van der Waals surface area (Å²) < 4.78 is 40.6. The van der Waals surface area contributed by atoms with Gasteiger partial charge in [-0.3, -0.25) is 0 Å². The summed E-state index contributed by atoms with van der Waals surface area (Å²) in [5, 5.41) is 5.28. The van der Waals surface area contributed by atoms with E-state index in [1.165, 1.54) is 18.3 Å². The van der Waals surface area contributed by atoms with Gasteiger partial charge < -0.3 is 15.4 Å². The fourth-order valence-corrected chi connectivity index (χ4v) is 1.57. The lowest BCUT2D eigenvalue weighted by atomic mass is 10.2. The number of amides is 2. The highest BCUT2D eigenvalue weighted by Gasteiger charge is 2.28. The molecule has 1 aromatic rings. The Kier molecular flexibility index (Phi) is 6.26. The number of ether oxygens (including phenoxy) is 1. The van der Waals surface area contributed by atoms with Gasteiger partial charge in [-0.15, -0.1) is 0 Å². The second kappa shape index (κ2) is 7.70. The molecule has 0 unspecified atom stereocenters. The van der Waals surface area contributed by atoms with Crippen LogP contribution in [0.15, 0.2) is 18.3 Å². The highest BCUT2D eigenvalue weighted by Crippen LogP contribution is 2.19. The zero-order valence-corrected chi connectivity index (χ0v) is 11.8. The van der Waals surface area contributed by atoms with Crippen LogP contribution in [-0.4, -0.2) is 29.8 Å². The van der Waals surface area contributed by atoms with E-state index in [0.717, 1.165) is 12.8 Å². The number of hydrogen-bond donors (Lipinski definition) is 2. The molecule has 0 fully saturated rings. The first-order chi connectivity index (χ1) is 9.84. The van der Waals surface area contributed by atoms with E-state index in [-0.39, 0.29) is 11.9 Å². The average molecular weight is 305 g/mol. The zero-order chi connectivity index (χ0) is 15.9. The number of carbonyl (C=O) groups excluding carboxylic acids is 1. The number of urea groups is 1. The molecule has 0 atom stereocenters. The molecule has 0 spiro atoms. The Labute approximate surface area is 120 Å². The van der Waals surface area contributed by atoms with E-state index in [2.05, 4.69) is 20.4 Å². The van der Waals surface area contributed by atoms with Crippen LogP contribution in [0.25, 0.3) is 0 Å². The predicted octanol–water partition coefficient (Wildman–Crippen LogP) is 3.33. The van der Waals surface area contributed by atoms with Gasteiger partial charge in [0.25, 0.3) is 0 Å². The number of alkyl halides is 3. The summed E-state index contributed by atoms with van der Waals surface area (Å²) >= 11 is 0. The van der Waals surface area contributed by atoms with Crippen molar-refractivity contribution in [2.75, 3.05) is 11.9 Å². The summed E-state index contributed by atoms with van der Waals surface area (Å²) in [5.41, 5.74) is 0.311. The summed E-state index contributed by atoms with van der Waals surface area (Å²) in [4.78, 5) is 15.4. The number of anilines is 1. The zero-order valence-electron chi connectivity index (χ0n) is 11.8. The first kappa shape index (κ1) is 17.1. The molecule has 0 aromatic carbocycles. The minimum Gasteiger partial charge on any atom is -0.468 e. The van der Waals surface area contributed by atoms with Gasteiger partial charge in [-0.1, -0.05) is 13.8 Å². The van der Waals surface area contributed by atoms with Crippen LogP contribution in [-0.2, 0) is 0 Å². The molecule has 0 saturated heterocycles. The first-order valence-electron chi connectivity index (χ1n) is 6.57. The molecule has 0 radical (unpaired) electrons. The third kappa shape index (κ3) is 6.82. The summed E-state index contributed by atoms with van der Waals surface area (Å²) in [6.07, 6.45) is -1.59. The van der Waals surface area contributed by atoms with Crippen LogP contribution in [0.1, 0.15) is 26.7 Å². The van der Waals surface area contributed by atoms with Crippen LogP contribution >= 0.6 is 0 Å². The molecule has 0 saturated carbocycles. The molecule has 2 amide bonds. The number of aromatic nitrogens is 1. The summed E-state index contributed by atoms with van der Waals surface area (Å²) in [7, 11) is 0. The summed E-state index contributed by atoms with van der Waals surface area (Å²) in [6.45, 7) is 2.47. The molecular weight excluding hydrogens is 287 g/mol. The number of hydrogen-bond acceptors (Lipinski definition) is 3. The number of rotatable bonds is 6. The van der Waals surface area contributed by atoms with Crippen molar-refractivity contribution in [3.8, 4) is 5.88 Å². The third-order valence-electron chi connectivity index (χ3n) is 2.70. The normalized spacial score (nSPS) is 11.3. The molecule has 8 heteroatoms. The highest BCUT2D eigenvalue weighted by molar-refractivity contribution is 5.89. The monoisotopic (exact) mass is 305 g/mol. The fourth-order valence-electron chi connectivity index (χ4n) is 1.57. The quantitative estimate of drug-likeness (QED) is 0.847. The van der Waals surface area contributed by atoms with Gasteiger partial charge >= 0.3 is 12.2 Å². The van der Waals surface area contributed by atoms with Crippen LogP contribution in [0, 0.1) is 0 Å². The van der Waals surface area contributed by atoms with Gasteiger partial charge in [0, 0.05) is 24.0 Å². The van der Waals surface area contributed by atoms with Gasteiger partial charge in [0.2, 0.25) is 5.88 Å². The van der Waals surface area contributed by atoms with Crippen LogP contribution in [0.2, 0.25) is 0 Å². The number of carbonyl (C=O) groups is 1. The Bertz CT molecular complexity index is 462. The molecule has 0 bridgehead atoms.